The summed E-state index contributed by atoms with van der Waals surface area (Å²) in [5, 5.41) is 9.16. The maximum absolute atomic E-state index is 11.7. The molecule has 0 saturated carbocycles. The molecule has 2 heterocycles. The second-order valence-corrected chi connectivity index (χ2v) is 6.51. The van der Waals surface area contributed by atoms with E-state index in [1.807, 2.05) is 6.07 Å². The monoisotopic (exact) mass is 345 g/mol. The van der Waals surface area contributed by atoms with Crippen LogP contribution in [0.3, 0.4) is 0 Å². The van der Waals surface area contributed by atoms with Gasteiger partial charge < -0.3 is 10.1 Å². The number of anilines is 1. The van der Waals surface area contributed by atoms with Gasteiger partial charge in [0.25, 0.3) is 0 Å². The first-order valence-corrected chi connectivity index (χ1v) is 8.53. The van der Waals surface area contributed by atoms with Crippen LogP contribution in [0.25, 0.3) is 11.0 Å². The normalized spacial score (nSPS) is 11.4. The number of benzene rings is 1. The molecule has 0 saturated heterocycles. The van der Waals surface area contributed by atoms with Crippen LogP contribution in [0.2, 0.25) is 0 Å². The smallest absolute Gasteiger partial charge is 0.241 e. The molecule has 0 atom stereocenters. The number of methoxy groups -OCH3 is 1. The van der Waals surface area contributed by atoms with Crippen LogP contribution in [0.4, 0.5) is 5.82 Å². The molecule has 2 aromatic heterocycles. The van der Waals surface area contributed by atoms with Crippen molar-refractivity contribution in [1.29, 1.82) is 0 Å². The highest BCUT2D eigenvalue weighted by molar-refractivity contribution is 7.89. The second kappa shape index (κ2) is 6.38. The Morgan fingerprint density at radius 3 is 2.79 bits per heavy atom. The molecule has 0 aliphatic rings. The Bertz CT molecular complexity index is 986. The minimum absolute atomic E-state index is 0.0569. The maximum atomic E-state index is 11.7. The molecular weight excluding hydrogens is 330 g/mol. The number of nitrogens with two attached hydrogens (primary N) is 1. The van der Waals surface area contributed by atoms with Gasteiger partial charge in [-0.1, -0.05) is 6.07 Å². The van der Waals surface area contributed by atoms with Gasteiger partial charge in [-0.2, -0.15) is 0 Å². The average molecular weight is 345 g/mol. The van der Waals surface area contributed by atoms with Crippen LogP contribution in [0.15, 0.2) is 47.8 Å². The molecule has 0 fully saturated rings. The molecule has 3 rings (SSSR count). The summed E-state index contributed by atoms with van der Waals surface area (Å²) < 4.78 is 28.4. The Labute approximate surface area is 138 Å². The summed E-state index contributed by atoms with van der Waals surface area (Å²) in [7, 11) is -2.48. The molecule has 124 valence electrons. The summed E-state index contributed by atoms with van der Waals surface area (Å²) in [4.78, 5) is 12.4. The Hall–Kier alpha value is -2.78. The third kappa shape index (κ3) is 3.26. The van der Waals surface area contributed by atoms with Crippen molar-refractivity contribution in [1.82, 2.24) is 15.0 Å². The number of ether oxygens (including phenoxy) is 1. The van der Waals surface area contributed by atoms with E-state index in [-0.39, 0.29) is 10.6 Å². The SMILES string of the molecule is COc1ccc(CNc2ncnc3ncccc23)cc1S(N)(=O)=O. The van der Waals surface area contributed by atoms with Crippen molar-refractivity contribution in [3.05, 3.63) is 48.4 Å². The lowest BCUT2D eigenvalue weighted by Gasteiger charge is -2.11. The highest BCUT2D eigenvalue weighted by Crippen LogP contribution is 2.24. The fourth-order valence-electron chi connectivity index (χ4n) is 2.28. The van der Waals surface area contributed by atoms with E-state index in [0.29, 0.717) is 18.0 Å². The molecule has 0 spiro atoms. The fourth-order valence-corrected chi connectivity index (χ4v) is 3.02. The van der Waals surface area contributed by atoms with Crippen LogP contribution in [0, 0.1) is 0 Å². The zero-order valence-electron chi connectivity index (χ0n) is 12.8. The van der Waals surface area contributed by atoms with Crippen molar-refractivity contribution >= 4 is 26.9 Å². The Morgan fingerprint density at radius 2 is 2.04 bits per heavy atom. The molecular formula is C15H15N5O3S. The Kier molecular flexibility index (Phi) is 4.28. The van der Waals surface area contributed by atoms with Crippen molar-refractivity contribution in [3.8, 4) is 5.75 Å². The number of nitrogens with one attached hydrogen (secondary N) is 1. The summed E-state index contributed by atoms with van der Waals surface area (Å²) >= 11 is 0. The van der Waals surface area contributed by atoms with Gasteiger partial charge in [0.2, 0.25) is 10.0 Å². The molecule has 0 aliphatic heterocycles. The second-order valence-electron chi connectivity index (χ2n) is 4.98. The van der Waals surface area contributed by atoms with Crippen LogP contribution < -0.4 is 15.2 Å². The molecule has 24 heavy (non-hydrogen) atoms. The largest absolute Gasteiger partial charge is 0.495 e. The molecule has 0 amide bonds. The zero-order chi connectivity index (χ0) is 17.2. The number of hydrogen-bond acceptors (Lipinski definition) is 7. The number of primary sulfonamides is 1. The molecule has 0 radical (unpaired) electrons. The maximum Gasteiger partial charge on any atom is 0.241 e. The van der Waals surface area contributed by atoms with Crippen LogP contribution in [-0.2, 0) is 16.6 Å². The van der Waals surface area contributed by atoms with Gasteiger partial charge in [0.1, 0.15) is 22.8 Å². The molecule has 0 aliphatic carbocycles. The van der Waals surface area contributed by atoms with E-state index in [1.54, 1.807) is 24.4 Å². The number of pyridine rings is 1. The predicted octanol–water partition coefficient (Wildman–Crippen LogP) is 1.29. The van der Waals surface area contributed by atoms with Gasteiger partial charge in [0, 0.05) is 12.7 Å². The molecule has 9 heteroatoms. The minimum atomic E-state index is -3.87. The van der Waals surface area contributed by atoms with Crippen molar-refractivity contribution in [3.63, 3.8) is 0 Å². The number of sulfonamides is 1. The first-order valence-electron chi connectivity index (χ1n) is 6.98. The summed E-state index contributed by atoms with van der Waals surface area (Å²) in [6.45, 7) is 0.355. The highest BCUT2D eigenvalue weighted by atomic mass is 32.2. The van der Waals surface area contributed by atoms with Crippen molar-refractivity contribution in [2.75, 3.05) is 12.4 Å². The number of aromatic nitrogens is 3. The third-order valence-electron chi connectivity index (χ3n) is 3.40. The predicted molar refractivity (Wildman–Crippen MR) is 89.0 cm³/mol. The first kappa shape index (κ1) is 16.1. The van der Waals surface area contributed by atoms with Crippen LogP contribution in [0.5, 0.6) is 5.75 Å². The summed E-state index contributed by atoms with van der Waals surface area (Å²) in [5.41, 5.74) is 1.30. The zero-order valence-corrected chi connectivity index (χ0v) is 13.6. The fraction of sp³-hybridized carbons (Fsp3) is 0.133. The van der Waals surface area contributed by atoms with E-state index in [1.165, 1.54) is 19.5 Å². The van der Waals surface area contributed by atoms with Crippen molar-refractivity contribution in [2.45, 2.75) is 11.4 Å². The molecule has 3 N–H and O–H groups in total. The van der Waals surface area contributed by atoms with Crippen molar-refractivity contribution in [2.24, 2.45) is 5.14 Å². The first-order chi connectivity index (χ1) is 11.5. The lowest BCUT2D eigenvalue weighted by atomic mass is 10.2. The number of fused-ring (bicyclic) bond motifs is 1. The van der Waals surface area contributed by atoms with Gasteiger partial charge in [-0.25, -0.2) is 28.5 Å². The summed E-state index contributed by atoms with van der Waals surface area (Å²) in [6, 6.07) is 8.44. The number of rotatable bonds is 5. The van der Waals surface area contributed by atoms with Gasteiger partial charge >= 0.3 is 0 Å². The van der Waals surface area contributed by atoms with E-state index in [9.17, 15) is 8.42 Å². The average Bonchev–Trinajstić information content (AvgIpc) is 2.59. The minimum Gasteiger partial charge on any atom is -0.495 e. The standard InChI is InChI=1S/C15H15N5O3S/c1-23-12-5-4-10(7-13(12)24(16,21)22)8-18-15-11-3-2-6-17-14(11)19-9-20-15/h2-7,9H,8H2,1H3,(H2,16,21,22)(H,17,18,19,20). The van der Waals surface area contributed by atoms with Crippen LogP contribution in [0.1, 0.15) is 5.56 Å². The molecule has 0 bridgehead atoms. The lowest BCUT2D eigenvalue weighted by Crippen LogP contribution is -2.14. The van der Waals surface area contributed by atoms with Crippen LogP contribution >= 0.6 is 0 Å². The Morgan fingerprint density at radius 1 is 1.21 bits per heavy atom. The van der Waals surface area contributed by atoms with Crippen molar-refractivity contribution < 1.29 is 13.2 Å². The lowest BCUT2D eigenvalue weighted by molar-refractivity contribution is 0.402. The van der Waals surface area contributed by atoms with Gasteiger partial charge in [-0.05, 0) is 29.8 Å². The molecule has 0 unspecified atom stereocenters. The van der Waals surface area contributed by atoms with Gasteiger partial charge in [-0.15, -0.1) is 0 Å². The van der Waals surface area contributed by atoms with E-state index >= 15 is 0 Å². The molecule has 1 aromatic carbocycles. The van der Waals surface area contributed by atoms with Gasteiger partial charge in [0.05, 0.1) is 12.5 Å². The van der Waals surface area contributed by atoms with E-state index in [2.05, 4.69) is 20.3 Å². The Balaban J connectivity index is 1.89. The van der Waals surface area contributed by atoms with E-state index in [4.69, 9.17) is 9.88 Å². The number of hydrogen-bond donors (Lipinski definition) is 2. The van der Waals surface area contributed by atoms with Gasteiger partial charge in [0.15, 0.2) is 5.65 Å². The van der Waals surface area contributed by atoms with E-state index in [0.717, 1.165) is 10.9 Å². The van der Waals surface area contributed by atoms with Crippen LogP contribution in [-0.4, -0.2) is 30.5 Å². The highest BCUT2D eigenvalue weighted by Gasteiger charge is 2.15. The summed E-state index contributed by atoms with van der Waals surface area (Å²) in [6.07, 6.45) is 3.07. The quantitative estimate of drug-likeness (QED) is 0.715. The van der Waals surface area contributed by atoms with E-state index < -0.39 is 10.0 Å². The molecule has 8 nitrogen and oxygen atoms in total. The summed E-state index contributed by atoms with van der Waals surface area (Å²) in [5.74, 6) is 0.819. The molecule has 3 aromatic rings. The third-order valence-corrected chi connectivity index (χ3v) is 4.34. The van der Waals surface area contributed by atoms with Gasteiger partial charge in [-0.3, -0.25) is 0 Å². The topological polar surface area (TPSA) is 120 Å². The number of nitrogens with zero attached hydrogens (tertiary/aromatic N) is 3.